The first-order chi connectivity index (χ1) is 10.4. The molecule has 1 aliphatic heterocycles. The summed E-state index contributed by atoms with van der Waals surface area (Å²) in [6.45, 7) is 2.05. The van der Waals surface area contributed by atoms with Crippen molar-refractivity contribution < 1.29 is 9.53 Å². The molecule has 0 amide bonds. The molecule has 0 saturated carbocycles. The third-order valence-corrected chi connectivity index (χ3v) is 4.62. The Morgan fingerprint density at radius 3 is 2.86 bits per heavy atom. The average molecular weight is 367 g/mol. The van der Waals surface area contributed by atoms with E-state index < -0.39 is 17.1 Å². The van der Waals surface area contributed by atoms with Crippen molar-refractivity contribution in [2.75, 3.05) is 7.11 Å². The summed E-state index contributed by atoms with van der Waals surface area (Å²) in [5.41, 5.74) is 0.965. The molecule has 2 aromatic rings. The van der Waals surface area contributed by atoms with Gasteiger partial charge in [0.1, 0.15) is 0 Å². The van der Waals surface area contributed by atoms with Gasteiger partial charge in [0.25, 0.3) is 0 Å². The van der Waals surface area contributed by atoms with E-state index in [0.717, 1.165) is 10.0 Å². The van der Waals surface area contributed by atoms with E-state index in [-0.39, 0.29) is 18.4 Å². The summed E-state index contributed by atoms with van der Waals surface area (Å²) < 4.78 is 7.01. The second kappa shape index (κ2) is 5.39. The number of carbonyl (C=O) groups excluding carboxylic acids is 1. The zero-order valence-electron chi connectivity index (χ0n) is 12.2. The van der Waals surface area contributed by atoms with Crippen LogP contribution in [0.3, 0.4) is 0 Å². The molecular weight excluding hydrogens is 352 g/mol. The normalized spacial score (nSPS) is 20.1. The lowest BCUT2D eigenvalue weighted by Gasteiger charge is -2.31. The lowest BCUT2D eigenvalue weighted by molar-refractivity contribution is -0.141. The van der Waals surface area contributed by atoms with Gasteiger partial charge in [-0.2, -0.15) is 0 Å². The van der Waals surface area contributed by atoms with Crippen molar-refractivity contribution in [2.24, 2.45) is 0 Å². The fourth-order valence-corrected chi connectivity index (χ4v) is 3.66. The van der Waals surface area contributed by atoms with Gasteiger partial charge in [-0.1, -0.05) is 22.9 Å². The molecule has 0 aliphatic carbocycles. The molecule has 1 N–H and O–H groups in total. The molecule has 3 rings (SSSR count). The molecule has 0 spiro atoms. The standard InChI is InChI=1S/C15H15BrN2O4/c1-7-3-9(6-12(19)22-2)18-13-10(7)4-8(16)5-11(13)17-14(20)15(18)21/h4-5,7,9H,3,6H2,1-2H3,(H,17,20)/t7-,9+/m1/s1. The van der Waals surface area contributed by atoms with E-state index in [1.807, 2.05) is 13.0 Å². The number of benzene rings is 1. The van der Waals surface area contributed by atoms with Gasteiger partial charge in [0.05, 0.1) is 24.6 Å². The number of carbonyl (C=O) groups is 1. The van der Waals surface area contributed by atoms with Gasteiger partial charge in [-0.25, -0.2) is 0 Å². The number of H-pyrrole nitrogens is 1. The maximum absolute atomic E-state index is 12.3. The van der Waals surface area contributed by atoms with Gasteiger partial charge in [-0.15, -0.1) is 0 Å². The van der Waals surface area contributed by atoms with Gasteiger partial charge >= 0.3 is 17.1 Å². The Bertz CT molecular complexity index is 883. The van der Waals surface area contributed by atoms with Crippen LogP contribution in [0.5, 0.6) is 0 Å². The van der Waals surface area contributed by atoms with Gasteiger partial charge in [0, 0.05) is 10.5 Å². The van der Waals surface area contributed by atoms with Crippen molar-refractivity contribution in [2.45, 2.75) is 31.7 Å². The highest BCUT2D eigenvalue weighted by Crippen LogP contribution is 2.39. The number of hydrogen-bond donors (Lipinski definition) is 1. The second-order valence-electron chi connectivity index (χ2n) is 5.59. The quantitative estimate of drug-likeness (QED) is 0.651. The Morgan fingerprint density at radius 2 is 2.18 bits per heavy atom. The minimum absolute atomic E-state index is 0.0782. The van der Waals surface area contributed by atoms with Crippen molar-refractivity contribution in [1.29, 1.82) is 0 Å². The van der Waals surface area contributed by atoms with E-state index in [1.54, 1.807) is 6.07 Å². The van der Waals surface area contributed by atoms with Crippen LogP contribution in [-0.4, -0.2) is 22.6 Å². The van der Waals surface area contributed by atoms with E-state index in [9.17, 15) is 14.4 Å². The SMILES string of the molecule is COC(=O)C[C@@H]1C[C@@H](C)c2cc(Br)cc3[nH]c(=O)c(=O)n1c23. The maximum atomic E-state index is 12.3. The summed E-state index contributed by atoms with van der Waals surface area (Å²) in [7, 11) is 1.32. The number of halogens is 1. The Hall–Kier alpha value is -1.89. The summed E-state index contributed by atoms with van der Waals surface area (Å²) in [5, 5.41) is 0. The molecular formula is C15H15BrN2O4. The zero-order chi connectivity index (χ0) is 16.0. The first-order valence-electron chi connectivity index (χ1n) is 6.97. The molecule has 2 atom stereocenters. The molecule has 1 aromatic heterocycles. The van der Waals surface area contributed by atoms with Crippen molar-refractivity contribution >= 4 is 32.9 Å². The molecule has 7 heteroatoms. The second-order valence-corrected chi connectivity index (χ2v) is 6.51. The van der Waals surface area contributed by atoms with Crippen molar-refractivity contribution in [3.8, 4) is 0 Å². The topological polar surface area (TPSA) is 81.2 Å². The van der Waals surface area contributed by atoms with Gasteiger partial charge in [-0.05, 0) is 30.0 Å². The molecule has 0 saturated heterocycles. The minimum Gasteiger partial charge on any atom is -0.469 e. The van der Waals surface area contributed by atoms with Crippen molar-refractivity contribution in [1.82, 2.24) is 9.55 Å². The molecule has 0 radical (unpaired) electrons. The number of aromatic amines is 1. The van der Waals surface area contributed by atoms with Crippen LogP contribution in [0.1, 0.15) is 37.3 Å². The van der Waals surface area contributed by atoms with E-state index in [1.165, 1.54) is 11.7 Å². The maximum Gasteiger partial charge on any atom is 0.317 e. The van der Waals surface area contributed by atoms with E-state index >= 15 is 0 Å². The Kier molecular flexibility index (Phi) is 3.68. The van der Waals surface area contributed by atoms with Crippen LogP contribution in [0.25, 0.3) is 11.0 Å². The zero-order valence-corrected chi connectivity index (χ0v) is 13.8. The largest absolute Gasteiger partial charge is 0.469 e. The van der Waals surface area contributed by atoms with E-state index in [2.05, 4.69) is 20.9 Å². The third-order valence-electron chi connectivity index (χ3n) is 4.16. The van der Waals surface area contributed by atoms with Crippen LogP contribution in [0.2, 0.25) is 0 Å². The van der Waals surface area contributed by atoms with Crippen LogP contribution in [0, 0.1) is 0 Å². The summed E-state index contributed by atoms with van der Waals surface area (Å²) in [4.78, 5) is 38.5. The predicted molar refractivity (Wildman–Crippen MR) is 85.2 cm³/mol. The summed E-state index contributed by atoms with van der Waals surface area (Å²) in [6, 6.07) is 3.35. The lowest BCUT2D eigenvalue weighted by Crippen LogP contribution is -2.41. The van der Waals surface area contributed by atoms with E-state index in [0.29, 0.717) is 17.5 Å². The van der Waals surface area contributed by atoms with Crippen LogP contribution >= 0.6 is 15.9 Å². The van der Waals surface area contributed by atoms with Gasteiger partial charge in [0.15, 0.2) is 0 Å². The highest BCUT2D eigenvalue weighted by atomic mass is 79.9. The van der Waals surface area contributed by atoms with E-state index in [4.69, 9.17) is 4.74 Å². The highest BCUT2D eigenvalue weighted by Gasteiger charge is 2.30. The first kappa shape index (κ1) is 15.0. The van der Waals surface area contributed by atoms with Crippen LogP contribution in [-0.2, 0) is 9.53 Å². The summed E-state index contributed by atoms with van der Waals surface area (Å²) >= 11 is 3.43. The fraction of sp³-hybridized carbons (Fsp3) is 0.400. The third kappa shape index (κ3) is 2.29. The number of nitrogens with one attached hydrogen (secondary N) is 1. The molecule has 22 heavy (non-hydrogen) atoms. The van der Waals surface area contributed by atoms with Gasteiger partial charge in [-0.3, -0.25) is 19.0 Å². The molecule has 0 bridgehead atoms. The van der Waals surface area contributed by atoms with Crippen LogP contribution in [0.4, 0.5) is 0 Å². The molecule has 0 fully saturated rings. The predicted octanol–water partition coefficient (Wildman–Crippen LogP) is 2.06. The lowest BCUT2D eigenvalue weighted by atomic mass is 9.87. The monoisotopic (exact) mass is 366 g/mol. The minimum atomic E-state index is -0.680. The Labute approximate surface area is 134 Å². The number of rotatable bonds is 2. The molecule has 116 valence electrons. The number of methoxy groups -OCH3 is 1. The molecule has 0 unspecified atom stereocenters. The van der Waals surface area contributed by atoms with Crippen molar-refractivity contribution in [3.63, 3.8) is 0 Å². The average Bonchev–Trinajstić information content (AvgIpc) is 2.46. The Balaban J connectivity index is 2.35. The van der Waals surface area contributed by atoms with Gasteiger partial charge < -0.3 is 9.72 Å². The molecule has 6 nitrogen and oxygen atoms in total. The van der Waals surface area contributed by atoms with Crippen LogP contribution in [0.15, 0.2) is 26.2 Å². The molecule has 1 aromatic carbocycles. The molecule has 2 heterocycles. The van der Waals surface area contributed by atoms with Crippen LogP contribution < -0.4 is 11.1 Å². The Morgan fingerprint density at radius 1 is 1.45 bits per heavy atom. The van der Waals surface area contributed by atoms with Gasteiger partial charge in [0.2, 0.25) is 0 Å². The smallest absolute Gasteiger partial charge is 0.317 e. The highest BCUT2D eigenvalue weighted by molar-refractivity contribution is 9.10. The number of aromatic nitrogens is 2. The number of ether oxygens (including phenoxy) is 1. The fourth-order valence-electron chi connectivity index (χ4n) is 3.19. The number of esters is 1. The number of nitrogens with zero attached hydrogens (tertiary/aromatic N) is 1. The summed E-state index contributed by atoms with van der Waals surface area (Å²) in [6.07, 6.45) is 0.686. The van der Waals surface area contributed by atoms with Crippen molar-refractivity contribution in [3.05, 3.63) is 42.9 Å². The number of hydrogen-bond acceptors (Lipinski definition) is 4. The molecule has 1 aliphatic rings. The summed E-state index contributed by atoms with van der Waals surface area (Å²) in [5.74, 6) is -0.224. The first-order valence-corrected chi connectivity index (χ1v) is 7.76.